The second kappa shape index (κ2) is 3.51. The summed E-state index contributed by atoms with van der Waals surface area (Å²) in [6.07, 6.45) is 7.18. The van der Waals surface area contributed by atoms with Gasteiger partial charge in [0.2, 0.25) is 0 Å². The van der Waals surface area contributed by atoms with Crippen LogP contribution in [0.4, 0.5) is 0 Å². The zero-order valence-electron chi connectivity index (χ0n) is 10.9. The number of allylic oxidation sites excluding steroid dienone is 1. The molecule has 3 saturated carbocycles. The largest absolute Gasteiger partial charge is 0.147 e. The van der Waals surface area contributed by atoms with Crippen molar-refractivity contribution < 1.29 is 0 Å². The summed E-state index contributed by atoms with van der Waals surface area (Å²) in [4.78, 5) is 0. The molecule has 3 rings (SSSR count). The van der Waals surface area contributed by atoms with Crippen LogP contribution in [-0.2, 0) is 0 Å². The zero-order valence-corrected chi connectivity index (χ0v) is 11.7. The zero-order chi connectivity index (χ0) is 10.8. The minimum absolute atomic E-state index is 0. The highest BCUT2D eigenvalue weighted by Gasteiger charge is 2.61. The third kappa shape index (κ3) is 1.29. The maximum absolute atomic E-state index is 4.46. The molecule has 0 N–H and O–H groups in total. The molecule has 0 aromatic heterocycles. The fourth-order valence-corrected chi connectivity index (χ4v) is 5.28. The average Bonchev–Trinajstić information content (AvgIpc) is 2.63. The van der Waals surface area contributed by atoms with E-state index >= 15 is 0 Å². The Balaban J connectivity index is 0.000000963. The maximum atomic E-state index is 4.46. The molecule has 3 aliphatic carbocycles. The average molecular weight is 241 g/mol. The highest BCUT2D eigenvalue weighted by Crippen LogP contribution is 2.70. The van der Waals surface area contributed by atoms with Crippen molar-refractivity contribution in [2.75, 3.05) is 0 Å². The molecule has 3 aliphatic rings. The molecule has 0 amide bonds. The molecule has 92 valence electrons. The maximum Gasteiger partial charge on any atom is -0.00849 e. The van der Waals surface area contributed by atoms with E-state index in [0.717, 1.165) is 17.8 Å². The highest BCUT2D eigenvalue weighted by molar-refractivity contribution is 5.85. The van der Waals surface area contributed by atoms with Crippen molar-refractivity contribution in [2.24, 2.45) is 28.6 Å². The van der Waals surface area contributed by atoms with E-state index < -0.39 is 0 Å². The Labute approximate surface area is 106 Å². The number of hydrogen-bond acceptors (Lipinski definition) is 0. The van der Waals surface area contributed by atoms with E-state index in [1.807, 2.05) is 0 Å². The Bertz CT molecular complexity index is 317. The fourth-order valence-electron chi connectivity index (χ4n) is 5.28. The molecular weight excluding hydrogens is 216 g/mol. The minimum Gasteiger partial charge on any atom is -0.147 e. The van der Waals surface area contributed by atoms with Gasteiger partial charge < -0.3 is 0 Å². The van der Waals surface area contributed by atoms with Crippen LogP contribution < -0.4 is 0 Å². The molecule has 0 aromatic rings. The summed E-state index contributed by atoms with van der Waals surface area (Å²) in [5, 5.41) is 0. The molecule has 16 heavy (non-hydrogen) atoms. The first-order chi connectivity index (χ1) is 6.97. The van der Waals surface area contributed by atoms with E-state index in [1.165, 1.54) is 32.1 Å². The Hall–Kier alpha value is 0.0300. The first kappa shape index (κ1) is 12.5. The summed E-state index contributed by atoms with van der Waals surface area (Å²) in [6.45, 7) is 12.0. The van der Waals surface area contributed by atoms with Crippen LogP contribution in [0.5, 0.6) is 0 Å². The van der Waals surface area contributed by atoms with Crippen LogP contribution in [-0.4, -0.2) is 0 Å². The van der Waals surface area contributed by atoms with Crippen molar-refractivity contribution in [3.8, 4) is 0 Å². The highest BCUT2D eigenvalue weighted by atomic mass is 35.5. The van der Waals surface area contributed by atoms with Crippen LogP contribution in [0, 0.1) is 28.6 Å². The molecular formula is C15H25Cl. The topological polar surface area (TPSA) is 0 Å². The van der Waals surface area contributed by atoms with Crippen molar-refractivity contribution in [3.05, 3.63) is 12.2 Å². The van der Waals surface area contributed by atoms with Crippen LogP contribution in [0.15, 0.2) is 12.2 Å². The van der Waals surface area contributed by atoms with E-state index in [2.05, 4.69) is 27.4 Å². The second-order valence-corrected chi connectivity index (χ2v) is 7.10. The predicted molar refractivity (Wildman–Crippen MR) is 71.8 cm³/mol. The molecule has 4 bridgehead atoms. The first-order valence-electron chi connectivity index (χ1n) is 6.66. The minimum atomic E-state index is 0. The van der Waals surface area contributed by atoms with Crippen LogP contribution in [0.1, 0.15) is 52.9 Å². The third-order valence-corrected chi connectivity index (χ3v) is 6.07. The van der Waals surface area contributed by atoms with E-state index in [4.69, 9.17) is 0 Å². The van der Waals surface area contributed by atoms with Crippen molar-refractivity contribution in [3.63, 3.8) is 0 Å². The van der Waals surface area contributed by atoms with Crippen molar-refractivity contribution in [1.82, 2.24) is 0 Å². The molecule has 0 nitrogen and oxygen atoms in total. The SMILES string of the molecule is C=C1[C@H]2CC[C@@H]3[C@H]2C(C)(C)CCC[C@]13C.Cl. The van der Waals surface area contributed by atoms with Gasteiger partial charge in [-0.2, -0.15) is 0 Å². The van der Waals surface area contributed by atoms with Gasteiger partial charge in [-0.1, -0.05) is 39.3 Å². The van der Waals surface area contributed by atoms with Gasteiger partial charge in [0.1, 0.15) is 0 Å². The molecule has 0 spiro atoms. The predicted octanol–water partition coefficient (Wildman–Crippen LogP) is 4.84. The van der Waals surface area contributed by atoms with Gasteiger partial charge in [-0.25, -0.2) is 0 Å². The lowest BCUT2D eigenvalue weighted by Crippen LogP contribution is -2.28. The number of hydrogen-bond donors (Lipinski definition) is 0. The Morgan fingerprint density at radius 2 is 1.81 bits per heavy atom. The van der Waals surface area contributed by atoms with E-state index in [1.54, 1.807) is 5.57 Å². The molecule has 0 aromatic carbocycles. The monoisotopic (exact) mass is 240 g/mol. The molecule has 3 fully saturated rings. The lowest BCUT2D eigenvalue weighted by atomic mass is 9.69. The van der Waals surface area contributed by atoms with E-state index in [0.29, 0.717) is 10.8 Å². The third-order valence-electron chi connectivity index (χ3n) is 6.07. The van der Waals surface area contributed by atoms with Crippen LogP contribution >= 0.6 is 12.4 Å². The summed E-state index contributed by atoms with van der Waals surface area (Å²) in [5.74, 6) is 2.79. The molecule has 1 heteroatoms. The Morgan fingerprint density at radius 1 is 1.12 bits per heavy atom. The lowest BCUT2D eigenvalue weighted by molar-refractivity contribution is 0.141. The van der Waals surface area contributed by atoms with Gasteiger partial charge in [0.15, 0.2) is 0 Å². The van der Waals surface area contributed by atoms with Gasteiger partial charge in [-0.3, -0.25) is 0 Å². The molecule has 0 heterocycles. The van der Waals surface area contributed by atoms with Crippen molar-refractivity contribution in [2.45, 2.75) is 52.9 Å². The summed E-state index contributed by atoms with van der Waals surface area (Å²) in [6, 6.07) is 0. The van der Waals surface area contributed by atoms with Gasteiger partial charge in [0.25, 0.3) is 0 Å². The molecule has 0 aliphatic heterocycles. The van der Waals surface area contributed by atoms with Gasteiger partial charge in [0, 0.05) is 0 Å². The first-order valence-corrected chi connectivity index (χ1v) is 6.66. The van der Waals surface area contributed by atoms with E-state index in [-0.39, 0.29) is 12.4 Å². The standard InChI is InChI=1S/C15H24.ClH/c1-10-11-6-7-12-13(11)14(2,3)8-5-9-15(10,12)4;/h11-13H,1,5-9H2,2-4H3;1H/t11-,12-,13+,15-;/m1./s1. The number of halogens is 1. The van der Waals surface area contributed by atoms with Crippen molar-refractivity contribution >= 4 is 12.4 Å². The van der Waals surface area contributed by atoms with Crippen LogP contribution in [0.2, 0.25) is 0 Å². The van der Waals surface area contributed by atoms with Crippen LogP contribution in [0.3, 0.4) is 0 Å². The van der Waals surface area contributed by atoms with Crippen LogP contribution in [0.25, 0.3) is 0 Å². The quantitative estimate of drug-likeness (QED) is 0.532. The van der Waals surface area contributed by atoms with Gasteiger partial charge in [-0.15, -0.1) is 12.4 Å². The summed E-state index contributed by atoms with van der Waals surface area (Å²) in [5.41, 5.74) is 2.71. The molecule has 0 unspecified atom stereocenters. The smallest absolute Gasteiger partial charge is 0.00849 e. The van der Waals surface area contributed by atoms with Gasteiger partial charge in [-0.05, 0) is 54.3 Å². The second-order valence-electron chi connectivity index (χ2n) is 7.10. The summed E-state index contributed by atoms with van der Waals surface area (Å²) >= 11 is 0. The molecule has 4 atom stereocenters. The summed E-state index contributed by atoms with van der Waals surface area (Å²) in [7, 11) is 0. The normalized spacial score (nSPS) is 48.7. The summed E-state index contributed by atoms with van der Waals surface area (Å²) < 4.78 is 0. The van der Waals surface area contributed by atoms with Crippen molar-refractivity contribution in [1.29, 1.82) is 0 Å². The Morgan fingerprint density at radius 3 is 2.50 bits per heavy atom. The Kier molecular flexibility index (Phi) is 2.74. The fraction of sp³-hybridized carbons (Fsp3) is 0.867. The number of rotatable bonds is 0. The molecule has 0 saturated heterocycles. The lowest BCUT2D eigenvalue weighted by Gasteiger charge is -2.35. The van der Waals surface area contributed by atoms with Gasteiger partial charge in [0.05, 0.1) is 0 Å². The molecule has 0 radical (unpaired) electrons. The van der Waals surface area contributed by atoms with Gasteiger partial charge >= 0.3 is 0 Å². The van der Waals surface area contributed by atoms with E-state index in [9.17, 15) is 0 Å².